The molecular formula is C12H19NO. The SMILES string of the molecule is CNC(CC(C)C)c1cccc(O)c1. The van der Waals surface area contributed by atoms with E-state index in [1.165, 1.54) is 0 Å². The van der Waals surface area contributed by atoms with Crippen molar-refractivity contribution >= 4 is 0 Å². The molecule has 2 heteroatoms. The van der Waals surface area contributed by atoms with Crippen LogP contribution in [0.5, 0.6) is 5.75 Å². The van der Waals surface area contributed by atoms with Crippen LogP contribution in [-0.4, -0.2) is 12.2 Å². The molecule has 78 valence electrons. The smallest absolute Gasteiger partial charge is 0.115 e. The van der Waals surface area contributed by atoms with Crippen LogP contribution in [0.1, 0.15) is 31.9 Å². The van der Waals surface area contributed by atoms with E-state index in [1.54, 1.807) is 6.07 Å². The highest BCUT2D eigenvalue weighted by Crippen LogP contribution is 2.23. The predicted octanol–water partition coefficient (Wildman–Crippen LogP) is 2.70. The molecule has 0 spiro atoms. The Balaban J connectivity index is 2.78. The topological polar surface area (TPSA) is 32.3 Å². The van der Waals surface area contributed by atoms with Crippen molar-refractivity contribution in [1.29, 1.82) is 0 Å². The van der Waals surface area contributed by atoms with Crippen molar-refractivity contribution in [2.45, 2.75) is 26.3 Å². The summed E-state index contributed by atoms with van der Waals surface area (Å²) in [6.07, 6.45) is 1.08. The molecule has 14 heavy (non-hydrogen) atoms. The number of hydrogen-bond acceptors (Lipinski definition) is 2. The van der Waals surface area contributed by atoms with Gasteiger partial charge in [0, 0.05) is 6.04 Å². The van der Waals surface area contributed by atoms with Crippen molar-refractivity contribution in [3.05, 3.63) is 29.8 Å². The first-order chi connectivity index (χ1) is 6.63. The fraction of sp³-hybridized carbons (Fsp3) is 0.500. The van der Waals surface area contributed by atoms with Crippen molar-refractivity contribution < 1.29 is 5.11 Å². The molecule has 2 N–H and O–H groups in total. The lowest BCUT2D eigenvalue weighted by Gasteiger charge is -2.18. The highest BCUT2D eigenvalue weighted by atomic mass is 16.3. The van der Waals surface area contributed by atoms with Crippen molar-refractivity contribution in [3.63, 3.8) is 0 Å². The maximum Gasteiger partial charge on any atom is 0.115 e. The van der Waals surface area contributed by atoms with Gasteiger partial charge in [-0.15, -0.1) is 0 Å². The largest absolute Gasteiger partial charge is 0.508 e. The Bertz CT molecular complexity index is 283. The number of phenolic OH excluding ortho intramolecular Hbond substituents is 1. The third-order valence-corrected chi connectivity index (χ3v) is 2.33. The van der Waals surface area contributed by atoms with Crippen LogP contribution >= 0.6 is 0 Å². The molecular weight excluding hydrogens is 174 g/mol. The molecule has 0 amide bonds. The number of rotatable bonds is 4. The number of phenols is 1. The fourth-order valence-corrected chi connectivity index (χ4v) is 1.63. The maximum atomic E-state index is 9.36. The summed E-state index contributed by atoms with van der Waals surface area (Å²) in [6.45, 7) is 4.40. The maximum absolute atomic E-state index is 9.36. The molecule has 1 aromatic rings. The van der Waals surface area contributed by atoms with Crippen LogP contribution in [0.4, 0.5) is 0 Å². The minimum absolute atomic E-state index is 0.335. The van der Waals surface area contributed by atoms with Crippen molar-refractivity contribution in [3.8, 4) is 5.75 Å². The molecule has 0 aromatic heterocycles. The molecule has 1 atom stereocenters. The molecule has 0 fully saturated rings. The van der Waals surface area contributed by atoms with E-state index < -0.39 is 0 Å². The second-order valence-electron chi connectivity index (χ2n) is 4.07. The van der Waals surface area contributed by atoms with Gasteiger partial charge in [0.1, 0.15) is 5.75 Å². The zero-order valence-electron chi connectivity index (χ0n) is 9.12. The summed E-state index contributed by atoms with van der Waals surface area (Å²) in [5.41, 5.74) is 1.15. The Morgan fingerprint density at radius 2 is 2.07 bits per heavy atom. The molecule has 1 unspecified atom stereocenters. The molecule has 0 bridgehead atoms. The van der Waals surface area contributed by atoms with E-state index in [0.29, 0.717) is 17.7 Å². The normalized spacial score (nSPS) is 13.1. The Morgan fingerprint density at radius 3 is 2.57 bits per heavy atom. The van der Waals surface area contributed by atoms with Crippen LogP contribution in [0.2, 0.25) is 0 Å². The number of hydrogen-bond donors (Lipinski definition) is 2. The van der Waals surface area contributed by atoms with E-state index in [9.17, 15) is 5.11 Å². The molecule has 0 saturated heterocycles. The minimum Gasteiger partial charge on any atom is -0.508 e. The van der Waals surface area contributed by atoms with Gasteiger partial charge in [0.2, 0.25) is 0 Å². The molecule has 0 aliphatic heterocycles. The Morgan fingerprint density at radius 1 is 1.36 bits per heavy atom. The van der Waals surface area contributed by atoms with E-state index in [-0.39, 0.29) is 0 Å². The van der Waals surface area contributed by atoms with Crippen LogP contribution in [0.15, 0.2) is 24.3 Å². The zero-order valence-corrected chi connectivity index (χ0v) is 9.12. The van der Waals surface area contributed by atoms with Crippen LogP contribution in [0, 0.1) is 5.92 Å². The van der Waals surface area contributed by atoms with Crippen LogP contribution in [-0.2, 0) is 0 Å². The highest BCUT2D eigenvalue weighted by Gasteiger charge is 2.10. The van der Waals surface area contributed by atoms with Gasteiger partial charge in [-0.25, -0.2) is 0 Å². The van der Waals surface area contributed by atoms with E-state index in [0.717, 1.165) is 12.0 Å². The first kappa shape index (κ1) is 11.1. The van der Waals surface area contributed by atoms with Crippen molar-refractivity contribution in [1.82, 2.24) is 5.32 Å². The van der Waals surface area contributed by atoms with Gasteiger partial charge in [0.25, 0.3) is 0 Å². The molecule has 1 aromatic carbocycles. The number of aromatic hydroxyl groups is 1. The lowest BCUT2D eigenvalue weighted by Crippen LogP contribution is -2.18. The highest BCUT2D eigenvalue weighted by molar-refractivity contribution is 5.29. The second kappa shape index (κ2) is 5.01. The Kier molecular flexibility index (Phi) is 3.96. The predicted molar refractivity (Wildman–Crippen MR) is 59.4 cm³/mol. The first-order valence-corrected chi connectivity index (χ1v) is 5.09. The second-order valence-corrected chi connectivity index (χ2v) is 4.07. The van der Waals surface area contributed by atoms with Crippen LogP contribution in [0.3, 0.4) is 0 Å². The zero-order chi connectivity index (χ0) is 10.6. The summed E-state index contributed by atoms with van der Waals surface area (Å²) in [6, 6.07) is 7.79. The fourth-order valence-electron chi connectivity index (χ4n) is 1.63. The molecule has 0 aliphatic rings. The minimum atomic E-state index is 0.335. The first-order valence-electron chi connectivity index (χ1n) is 5.09. The summed E-state index contributed by atoms with van der Waals surface area (Å²) in [7, 11) is 1.96. The van der Waals surface area contributed by atoms with Crippen LogP contribution < -0.4 is 5.32 Å². The summed E-state index contributed by atoms with van der Waals surface area (Å²) in [5.74, 6) is 0.987. The summed E-state index contributed by atoms with van der Waals surface area (Å²) in [4.78, 5) is 0. The number of nitrogens with one attached hydrogen (secondary N) is 1. The molecule has 0 heterocycles. The van der Waals surface area contributed by atoms with Crippen LogP contribution in [0.25, 0.3) is 0 Å². The summed E-state index contributed by atoms with van der Waals surface area (Å²) >= 11 is 0. The quantitative estimate of drug-likeness (QED) is 0.770. The Labute approximate surface area is 86.0 Å². The third kappa shape index (κ3) is 3.04. The van der Waals surface area contributed by atoms with Gasteiger partial charge in [-0.3, -0.25) is 0 Å². The average molecular weight is 193 g/mol. The van der Waals surface area contributed by atoms with Gasteiger partial charge < -0.3 is 10.4 Å². The van der Waals surface area contributed by atoms with E-state index in [4.69, 9.17) is 0 Å². The molecule has 1 rings (SSSR count). The monoisotopic (exact) mass is 193 g/mol. The van der Waals surface area contributed by atoms with Gasteiger partial charge in [-0.05, 0) is 37.1 Å². The van der Waals surface area contributed by atoms with Gasteiger partial charge in [0.15, 0.2) is 0 Å². The van der Waals surface area contributed by atoms with Crippen molar-refractivity contribution in [2.24, 2.45) is 5.92 Å². The molecule has 0 radical (unpaired) electrons. The van der Waals surface area contributed by atoms with Gasteiger partial charge >= 0.3 is 0 Å². The number of benzene rings is 1. The molecule has 2 nitrogen and oxygen atoms in total. The van der Waals surface area contributed by atoms with E-state index in [1.807, 2.05) is 25.2 Å². The lowest BCUT2D eigenvalue weighted by atomic mass is 9.97. The lowest BCUT2D eigenvalue weighted by molar-refractivity contribution is 0.448. The Hall–Kier alpha value is -1.02. The average Bonchev–Trinajstić information content (AvgIpc) is 2.14. The van der Waals surface area contributed by atoms with Gasteiger partial charge in [0.05, 0.1) is 0 Å². The summed E-state index contributed by atoms with van der Waals surface area (Å²) < 4.78 is 0. The summed E-state index contributed by atoms with van der Waals surface area (Å²) in [5, 5.41) is 12.6. The van der Waals surface area contributed by atoms with Crippen molar-refractivity contribution in [2.75, 3.05) is 7.05 Å². The van der Waals surface area contributed by atoms with Gasteiger partial charge in [-0.1, -0.05) is 26.0 Å². The van der Waals surface area contributed by atoms with Gasteiger partial charge in [-0.2, -0.15) is 0 Å². The standard InChI is InChI=1S/C12H19NO/c1-9(2)7-12(13-3)10-5-4-6-11(14)8-10/h4-6,8-9,12-14H,7H2,1-3H3. The van der Waals surface area contributed by atoms with E-state index >= 15 is 0 Å². The molecule has 0 saturated carbocycles. The third-order valence-electron chi connectivity index (χ3n) is 2.33. The van der Waals surface area contributed by atoms with E-state index in [2.05, 4.69) is 19.2 Å². The molecule has 0 aliphatic carbocycles.